The zero-order valence-electron chi connectivity index (χ0n) is 20.6. The number of nitrogens with two attached hydrogens (primary N) is 1. The molecule has 3 aromatic rings. The second-order valence-electron chi connectivity index (χ2n) is 9.44. The Labute approximate surface area is 212 Å². The molecule has 7 heteroatoms. The van der Waals surface area contributed by atoms with Crippen LogP contribution in [0, 0.1) is 0 Å². The summed E-state index contributed by atoms with van der Waals surface area (Å²) in [4.78, 5) is 28.9. The Morgan fingerprint density at radius 1 is 0.889 bits per heavy atom. The third-order valence-electron chi connectivity index (χ3n) is 6.78. The van der Waals surface area contributed by atoms with E-state index in [2.05, 4.69) is 0 Å². The van der Waals surface area contributed by atoms with Crippen molar-refractivity contribution in [2.75, 3.05) is 6.54 Å². The Morgan fingerprint density at radius 3 is 1.83 bits per heavy atom. The van der Waals surface area contributed by atoms with Crippen molar-refractivity contribution in [2.24, 2.45) is 5.73 Å². The summed E-state index contributed by atoms with van der Waals surface area (Å²) in [6.45, 7) is 1.95. The molecule has 4 rings (SSSR count). The maximum Gasteiger partial charge on any atom is 0.340 e. The summed E-state index contributed by atoms with van der Waals surface area (Å²) in [7, 11) is -3.49. The number of carbonyl (C=O) groups excluding carboxylic acids is 2. The number of hydrogen-bond acceptors (Lipinski definition) is 5. The predicted octanol–water partition coefficient (Wildman–Crippen LogP) is 5.16. The van der Waals surface area contributed by atoms with Crippen molar-refractivity contribution in [1.82, 2.24) is 4.90 Å². The molecule has 0 aromatic heterocycles. The van der Waals surface area contributed by atoms with E-state index >= 15 is 4.57 Å². The molecule has 0 spiro atoms. The van der Waals surface area contributed by atoms with Crippen LogP contribution in [0.3, 0.4) is 0 Å². The molecule has 1 aliphatic heterocycles. The van der Waals surface area contributed by atoms with Gasteiger partial charge in [0.25, 0.3) is 0 Å². The molecule has 188 valence electrons. The van der Waals surface area contributed by atoms with Gasteiger partial charge in [0.05, 0.1) is 6.04 Å². The fraction of sp³-hybridized carbons (Fsp3) is 0.310. The van der Waals surface area contributed by atoms with Crippen molar-refractivity contribution >= 4 is 19.0 Å². The zero-order chi connectivity index (χ0) is 25.6. The molecule has 0 unspecified atom stereocenters. The molecule has 2 N–H and O–H groups in total. The number of amides is 1. The van der Waals surface area contributed by atoms with Crippen LogP contribution in [-0.2, 0) is 37.8 Å². The molecule has 1 heterocycles. The molecule has 1 amide bonds. The summed E-state index contributed by atoms with van der Waals surface area (Å²) < 4.78 is 21.2. The summed E-state index contributed by atoms with van der Waals surface area (Å²) >= 11 is 0. The van der Waals surface area contributed by atoms with Crippen molar-refractivity contribution in [3.05, 3.63) is 108 Å². The summed E-state index contributed by atoms with van der Waals surface area (Å²) in [6.07, 6.45) is 1.17. The molecule has 1 fully saturated rings. The first-order chi connectivity index (χ1) is 17.4. The van der Waals surface area contributed by atoms with E-state index in [-0.39, 0.29) is 31.3 Å². The fourth-order valence-corrected chi connectivity index (χ4v) is 8.89. The highest BCUT2D eigenvalue weighted by atomic mass is 31.2. The lowest BCUT2D eigenvalue weighted by Gasteiger charge is -2.43. The second kappa shape index (κ2) is 11.2. The van der Waals surface area contributed by atoms with Crippen molar-refractivity contribution in [3.63, 3.8) is 0 Å². The summed E-state index contributed by atoms with van der Waals surface area (Å²) in [5.41, 5.74) is 8.55. The van der Waals surface area contributed by atoms with E-state index in [0.29, 0.717) is 13.0 Å². The monoisotopic (exact) mass is 504 g/mol. The molecule has 0 radical (unpaired) electrons. The smallest absolute Gasteiger partial charge is 0.340 e. The zero-order valence-corrected chi connectivity index (χ0v) is 21.5. The number of rotatable bonds is 9. The van der Waals surface area contributed by atoms with E-state index in [1.54, 1.807) is 6.92 Å². The van der Waals surface area contributed by atoms with Crippen LogP contribution in [0.2, 0.25) is 0 Å². The third kappa shape index (κ3) is 5.30. The average molecular weight is 505 g/mol. The second-order valence-corrected chi connectivity index (χ2v) is 12.6. The number of nitrogens with zero attached hydrogens (tertiary/aromatic N) is 1. The molecule has 0 saturated carbocycles. The van der Waals surface area contributed by atoms with Crippen molar-refractivity contribution in [2.45, 2.75) is 50.0 Å². The fourth-order valence-electron chi connectivity index (χ4n) is 5.06. The number of likely N-dealkylation sites (tertiary alicyclic amines) is 1. The van der Waals surface area contributed by atoms with E-state index in [9.17, 15) is 9.59 Å². The van der Waals surface area contributed by atoms with Gasteiger partial charge in [0.1, 0.15) is 13.7 Å². The summed E-state index contributed by atoms with van der Waals surface area (Å²) in [6, 6.07) is 27.5. The number of benzene rings is 3. The van der Waals surface area contributed by atoms with Crippen LogP contribution >= 0.6 is 7.14 Å². The molecule has 36 heavy (non-hydrogen) atoms. The minimum Gasteiger partial charge on any atom is -0.459 e. The van der Waals surface area contributed by atoms with E-state index in [0.717, 1.165) is 16.7 Å². The van der Waals surface area contributed by atoms with Crippen LogP contribution in [0.5, 0.6) is 0 Å². The number of esters is 1. The Kier molecular flexibility index (Phi) is 8.07. The molecular formula is C29H33N2O4P. The van der Waals surface area contributed by atoms with Gasteiger partial charge in [-0.15, -0.1) is 0 Å². The Bertz CT molecular complexity index is 1170. The number of hydrogen-bond donors (Lipinski definition) is 1. The van der Waals surface area contributed by atoms with Gasteiger partial charge in [0.15, 0.2) is 5.28 Å². The first-order valence-electron chi connectivity index (χ1n) is 12.3. The van der Waals surface area contributed by atoms with E-state index in [4.69, 9.17) is 10.5 Å². The highest BCUT2D eigenvalue weighted by molar-refractivity contribution is 7.65. The van der Waals surface area contributed by atoms with Gasteiger partial charge in [-0.05, 0) is 36.5 Å². The Hall–Kier alpha value is -3.21. The quantitative estimate of drug-likeness (QED) is 0.321. The normalized spacial score (nSPS) is 18.6. The van der Waals surface area contributed by atoms with Crippen LogP contribution in [-0.4, -0.2) is 34.6 Å². The van der Waals surface area contributed by atoms with Crippen molar-refractivity contribution in [1.29, 1.82) is 0 Å². The van der Waals surface area contributed by atoms with Gasteiger partial charge < -0.3 is 19.9 Å². The maximum atomic E-state index is 15.3. The lowest BCUT2D eigenvalue weighted by molar-refractivity contribution is -0.157. The molecule has 0 aliphatic carbocycles. The van der Waals surface area contributed by atoms with Crippen LogP contribution in [0.4, 0.5) is 0 Å². The number of carbonyl (C=O) groups is 2. The minimum absolute atomic E-state index is 0.0400. The molecule has 3 aromatic carbocycles. The molecule has 1 aliphatic rings. The Balaban J connectivity index is 1.81. The molecule has 2 atom stereocenters. The molecular weight excluding hydrogens is 471 g/mol. The van der Waals surface area contributed by atoms with Gasteiger partial charge in [-0.1, -0.05) is 91.0 Å². The molecule has 0 bridgehead atoms. The SMILES string of the molecule is C[C@H](N)C(=O)N1CCC[C@]1(C(=O)OCc1ccccc1)P(=O)(Cc1ccccc1)Cc1ccccc1. The highest BCUT2D eigenvalue weighted by Crippen LogP contribution is 2.67. The van der Waals surface area contributed by atoms with E-state index in [1.165, 1.54) is 4.90 Å². The lowest BCUT2D eigenvalue weighted by Crippen LogP contribution is -2.57. The highest BCUT2D eigenvalue weighted by Gasteiger charge is 2.62. The van der Waals surface area contributed by atoms with Gasteiger partial charge in [-0.2, -0.15) is 0 Å². The van der Waals surface area contributed by atoms with E-state index < -0.39 is 24.4 Å². The van der Waals surface area contributed by atoms with Crippen molar-refractivity contribution in [3.8, 4) is 0 Å². The van der Waals surface area contributed by atoms with Crippen LogP contribution in [0.15, 0.2) is 91.0 Å². The lowest BCUT2D eigenvalue weighted by atomic mass is 10.2. The third-order valence-corrected chi connectivity index (χ3v) is 10.5. The van der Waals surface area contributed by atoms with Crippen LogP contribution < -0.4 is 5.73 Å². The standard InChI is InChI=1S/C29H33N2O4P/c1-23(30)27(32)31-19-11-18-29(31,28(33)35-20-24-12-5-2-6-13-24)36(34,21-25-14-7-3-8-15-25)22-26-16-9-4-10-17-26/h2-10,12-17,23H,11,18-22,30H2,1H3/t23-,29+/m0/s1. The number of ether oxygens (including phenoxy) is 1. The largest absolute Gasteiger partial charge is 0.459 e. The first kappa shape index (κ1) is 25.9. The van der Waals surface area contributed by atoms with Gasteiger partial charge in [-0.3, -0.25) is 4.79 Å². The van der Waals surface area contributed by atoms with Crippen LogP contribution in [0.25, 0.3) is 0 Å². The maximum absolute atomic E-state index is 15.3. The Morgan fingerprint density at radius 2 is 1.36 bits per heavy atom. The predicted molar refractivity (Wildman–Crippen MR) is 141 cm³/mol. The van der Waals surface area contributed by atoms with Gasteiger partial charge in [-0.25, -0.2) is 4.79 Å². The topological polar surface area (TPSA) is 89.7 Å². The molecule has 1 saturated heterocycles. The minimum atomic E-state index is -3.49. The first-order valence-corrected chi connectivity index (χ1v) is 14.4. The van der Waals surface area contributed by atoms with Gasteiger partial charge in [0, 0.05) is 18.9 Å². The van der Waals surface area contributed by atoms with Gasteiger partial charge >= 0.3 is 5.97 Å². The van der Waals surface area contributed by atoms with Crippen molar-refractivity contribution < 1.29 is 18.9 Å². The van der Waals surface area contributed by atoms with Crippen LogP contribution in [0.1, 0.15) is 36.5 Å². The summed E-state index contributed by atoms with van der Waals surface area (Å²) in [5.74, 6) is -1.00. The average Bonchev–Trinajstić information content (AvgIpc) is 3.35. The summed E-state index contributed by atoms with van der Waals surface area (Å²) in [5, 5.41) is -1.59. The van der Waals surface area contributed by atoms with E-state index in [1.807, 2.05) is 91.0 Å². The van der Waals surface area contributed by atoms with Gasteiger partial charge in [0.2, 0.25) is 5.91 Å². The molecule has 6 nitrogen and oxygen atoms in total.